The second-order valence-electron chi connectivity index (χ2n) is 7.43. The molecule has 0 aliphatic rings. The SMILES string of the molecule is C[C@H](CCc1ccccc1)NC(=O)CSc1nc2ccsc2c(=O)n1-c1cccc(Cl)c1. The molecule has 5 nitrogen and oxygen atoms in total. The molecule has 4 aromatic rings. The highest BCUT2D eigenvalue weighted by Crippen LogP contribution is 2.24. The molecule has 4 rings (SSSR count). The van der Waals surface area contributed by atoms with Crippen LogP contribution >= 0.6 is 34.7 Å². The number of benzene rings is 2. The van der Waals surface area contributed by atoms with Crippen LogP contribution in [0.4, 0.5) is 0 Å². The van der Waals surface area contributed by atoms with Crippen LogP contribution in [0.5, 0.6) is 0 Å². The highest BCUT2D eigenvalue weighted by Gasteiger charge is 2.16. The topological polar surface area (TPSA) is 64.0 Å². The molecule has 1 N–H and O–H groups in total. The van der Waals surface area contributed by atoms with Crippen molar-refractivity contribution in [1.82, 2.24) is 14.9 Å². The van der Waals surface area contributed by atoms with Crippen molar-refractivity contribution in [3.63, 3.8) is 0 Å². The standard InChI is InChI=1S/C24H22ClN3O2S2/c1-16(10-11-17-6-3-2-4-7-17)26-21(29)15-32-24-27-20-12-13-31-22(20)23(30)28(24)19-9-5-8-18(25)14-19/h2-9,12-14,16H,10-11,15H2,1H3,(H,26,29)/t16-/m1/s1. The molecule has 1 atom stereocenters. The van der Waals surface area contributed by atoms with Gasteiger partial charge in [0, 0.05) is 11.1 Å². The summed E-state index contributed by atoms with van der Waals surface area (Å²) in [6, 6.07) is 19.2. The predicted octanol–water partition coefficient (Wildman–Crippen LogP) is 5.33. The molecule has 32 heavy (non-hydrogen) atoms. The zero-order chi connectivity index (χ0) is 22.5. The Labute approximate surface area is 199 Å². The van der Waals surface area contributed by atoms with Gasteiger partial charge in [0.15, 0.2) is 5.16 Å². The molecule has 0 unspecified atom stereocenters. The van der Waals surface area contributed by atoms with Crippen LogP contribution in [0.1, 0.15) is 18.9 Å². The number of carbonyl (C=O) groups excluding carboxylic acids is 1. The van der Waals surface area contributed by atoms with E-state index in [1.165, 1.54) is 33.2 Å². The van der Waals surface area contributed by atoms with Gasteiger partial charge in [-0.2, -0.15) is 0 Å². The number of thioether (sulfide) groups is 1. The fourth-order valence-corrected chi connectivity index (χ4v) is 5.15. The van der Waals surface area contributed by atoms with Gasteiger partial charge < -0.3 is 5.32 Å². The Hall–Kier alpha value is -2.61. The molecule has 0 saturated heterocycles. The van der Waals surface area contributed by atoms with E-state index in [2.05, 4.69) is 22.4 Å². The zero-order valence-electron chi connectivity index (χ0n) is 17.5. The second-order valence-corrected chi connectivity index (χ2v) is 9.73. The number of thiophene rings is 1. The highest BCUT2D eigenvalue weighted by atomic mass is 35.5. The molecule has 0 fully saturated rings. The van der Waals surface area contributed by atoms with E-state index in [1.807, 2.05) is 42.6 Å². The number of halogens is 1. The van der Waals surface area contributed by atoms with Crippen molar-refractivity contribution in [2.24, 2.45) is 0 Å². The van der Waals surface area contributed by atoms with E-state index in [0.717, 1.165) is 12.8 Å². The number of rotatable bonds is 8. The van der Waals surface area contributed by atoms with Crippen molar-refractivity contribution < 1.29 is 4.79 Å². The molecule has 2 aromatic heterocycles. The first-order valence-electron chi connectivity index (χ1n) is 10.2. The first-order valence-corrected chi connectivity index (χ1v) is 12.5. The van der Waals surface area contributed by atoms with Crippen molar-refractivity contribution in [1.29, 1.82) is 0 Å². The number of hydrogen-bond donors (Lipinski definition) is 1. The minimum absolute atomic E-state index is 0.0470. The van der Waals surface area contributed by atoms with Gasteiger partial charge in [-0.15, -0.1) is 11.3 Å². The summed E-state index contributed by atoms with van der Waals surface area (Å²) in [5.41, 5.74) is 2.36. The van der Waals surface area contributed by atoms with E-state index in [1.54, 1.807) is 18.2 Å². The van der Waals surface area contributed by atoms with Crippen LogP contribution in [-0.4, -0.2) is 27.3 Å². The maximum atomic E-state index is 13.1. The molecular weight excluding hydrogens is 462 g/mol. The molecule has 0 radical (unpaired) electrons. The van der Waals surface area contributed by atoms with Gasteiger partial charge in [-0.05, 0) is 55.0 Å². The molecule has 8 heteroatoms. The van der Waals surface area contributed by atoms with Gasteiger partial charge in [0.2, 0.25) is 5.91 Å². The van der Waals surface area contributed by atoms with Gasteiger partial charge >= 0.3 is 0 Å². The lowest BCUT2D eigenvalue weighted by atomic mass is 10.1. The fourth-order valence-electron chi connectivity index (χ4n) is 3.38. The Bertz CT molecular complexity index is 1290. The lowest BCUT2D eigenvalue weighted by Crippen LogP contribution is -2.34. The van der Waals surface area contributed by atoms with E-state index < -0.39 is 0 Å². The number of nitrogens with zero attached hydrogens (tertiary/aromatic N) is 2. The summed E-state index contributed by atoms with van der Waals surface area (Å²) >= 11 is 8.75. The van der Waals surface area contributed by atoms with Crippen LogP contribution in [0, 0.1) is 0 Å². The Morgan fingerprint density at radius 3 is 2.78 bits per heavy atom. The summed E-state index contributed by atoms with van der Waals surface area (Å²) in [7, 11) is 0. The molecule has 0 saturated carbocycles. The first kappa shape index (κ1) is 22.6. The number of hydrogen-bond acceptors (Lipinski definition) is 5. The normalized spacial score (nSPS) is 12.1. The quantitative estimate of drug-likeness (QED) is 0.272. The summed E-state index contributed by atoms with van der Waals surface area (Å²) in [5.74, 6) is 0.0751. The van der Waals surface area contributed by atoms with Crippen molar-refractivity contribution in [3.8, 4) is 5.69 Å². The Morgan fingerprint density at radius 1 is 1.19 bits per heavy atom. The van der Waals surface area contributed by atoms with Crippen LogP contribution in [0.3, 0.4) is 0 Å². The summed E-state index contributed by atoms with van der Waals surface area (Å²) in [4.78, 5) is 30.4. The predicted molar refractivity (Wildman–Crippen MR) is 133 cm³/mol. The molecular formula is C24H22ClN3O2S2. The van der Waals surface area contributed by atoms with Crippen LogP contribution in [0.25, 0.3) is 15.9 Å². The summed E-state index contributed by atoms with van der Waals surface area (Å²) in [6.07, 6.45) is 1.76. The van der Waals surface area contributed by atoms with E-state index in [9.17, 15) is 9.59 Å². The summed E-state index contributed by atoms with van der Waals surface area (Å²) in [5, 5.41) is 5.88. The minimum atomic E-state index is -0.161. The van der Waals surface area contributed by atoms with E-state index in [4.69, 9.17) is 11.6 Å². The molecule has 164 valence electrons. The highest BCUT2D eigenvalue weighted by molar-refractivity contribution is 7.99. The average Bonchev–Trinajstić information content (AvgIpc) is 3.26. The molecule has 0 aliphatic heterocycles. The largest absolute Gasteiger partial charge is 0.353 e. The molecule has 0 bridgehead atoms. The minimum Gasteiger partial charge on any atom is -0.353 e. The van der Waals surface area contributed by atoms with Gasteiger partial charge in [-0.3, -0.25) is 14.2 Å². The van der Waals surface area contributed by atoms with Gasteiger partial charge in [-0.25, -0.2) is 4.98 Å². The maximum Gasteiger partial charge on any atom is 0.276 e. The lowest BCUT2D eigenvalue weighted by Gasteiger charge is -2.15. The molecule has 1 amide bonds. The van der Waals surface area contributed by atoms with Crippen LogP contribution in [0.2, 0.25) is 5.02 Å². The first-order chi connectivity index (χ1) is 15.5. The van der Waals surface area contributed by atoms with Crippen LogP contribution in [0.15, 0.2) is 76.0 Å². The third kappa shape index (κ3) is 5.41. The maximum absolute atomic E-state index is 13.1. The Balaban J connectivity index is 1.47. The third-order valence-electron chi connectivity index (χ3n) is 4.96. The number of fused-ring (bicyclic) bond motifs is 1. The summed E-state index contributed by atoms with van der Waals surface area (Å²) < 4.78 is 2.11. The van der Waals surface area contributed by atoms with Gasteiger partial charge in [-0.1, -0.05) is 59.8 Å². The number of amides is 1. The number of aromatic nitrogens is 2. The second kappa shape index (κ2) is 10.3. The van der Waals surface area contributed by atoms with E-state index in [-0.39, 0.29) is 23.3 Å². The number of nitrogens with one attached hydrogen (secondary N) is 1. The van der Waals surface area contributed by atoms with E-state index >= 15 is 0 Å². The molecule has 0 spiro atoms. The third-order valence-corrected chi connectivity index (χ3v) is 7.03. The number of aryl methyl sites for hydroxylation is 1. The van der Waals surface area contributed by atoms with Crippen LogP contribution in [-0.2, 0) is 11.2 Å². The average molecular weight is 484 g/mol. The fraction of sp³-hybridized carbons (Fsp3) is 0.208. The smallest absolute Gasteiger partial charge is 0.276 e. The van der Waals surface area contributed by atoms with Crippen molar-refractivity contribution in [2.45, 2.75) is 31.0 Å². The monoisotopic (exact) mass is 483 g/mol. The Morgan fingerprint density at radius 2 is 2.00 bits per heavy atom. The number of carbonyl (C=O) groups is 1. The van der Waals surface area contributed by atoms with Crippen LogP contribution < -0.4 is 10.9 Å². The van der Waals surface area contributed by atoms with Crippen molar-refractivity contribution in [3.05, 3.63) is 87.0 Å². The van der Waals surface area contributed by atoms with Crippen molar-refractivity contribution >= 4 is 50.8 Å². The summed E-state index contributed by atoms with van der Waals surface area (Å²) in [6.45, 7) is 2.00. The Kier molecular flexibility index (Phi) is 7.29. The van der Waals surface area contributed by atoms with Crippen molar-refractivity contribution in [2.75, 3.05) is 5.75 Å². The molecule has 2 aromatic carbocycles. The zero-order valence-corrected chi connectivity index (χ0v) is 19.8. The lowest BCUT2D eigenvalue weighted by molar-refractivity contribution is -0.119. The van der Waals surface area contributed by atoms with Gasteiger partial charge in [0.05, 0.1) is 17.0 Å². The van der Waals surface area contributed by atoms with Gasteiger partial charge in [0.1, 0.15) is 4.70 Å². The van der Waals surface area contributed by atoms with E-state index in [0.29, 0.717) is 26.1 Å². The molecule has 0 aliphatic carbocycles. The molecule has 2 heterocycles. The van der Waals surface area contributed by atoms with Gasteiger partial charge in [0.25, 0.3) is 5.56 Å².